The fraction of sp³-hybridized carbons (Fsp3) is 0.646. The van der Waals surface area contributed by atoms with Crippen molar-refractivity contribution in [1.82, 2.24) is 47.9 Å². The van der Waals surface area contributed by atoms with Crippen LogP contribution in [0.2, 0.25) is 0 Å². The lowest BCUT2D eigenvalue weighted by molar-refractivity contribution is -0.140. The van der Waals surface area contributed by atoms with Gasteiger partial charge in [-0.3, -0.25) is 52.9 Å². The van der Waals surface area contributed by atoms with E-state index in [1.54, 1.807) is 58.8 Å². The number of aliphatic imine (C=N–C) groups is 1. The highest BCUT2D eigenvalue weighted by molar-refractivity contribution is 5.99. The van der Waals surface area contributed by atoms with Crippen LogP contribution in [0.25, 0.3) is 0 Å². The maximum atomic E-state index is 14.4. The fourth-order valence-electron chi connectivity index (χ4n) is 7.73. The van der Waals surface area contributed by atoms with Crippen molar-refractivity contribution in [3.63, 3.8) is 0 Å². The van der Waals surface area contributed by atoms with Gasteiger partial charge in [0.05, 0.1) is 31.4 Å². The van der Waals surface area contributed by atoms with Gasteiger partial charge in [0.1, 0.15) is 48.3 Å². The summed E-state index contributed by atoms with van der Waals surface area (Å²) >= 11 is 0. The van der Waals surface area contributed by atoms with Crippen LogP contribution >= 0.6 is 0 Å². The normalized spacial score (nSPS) is 26.0. The number of nitrogens with zero attached hydrogens (tertiary/aromatic N) is 2. The summed E-state index contributed by atoms with van der Waals surface area (Å²) in [5, 5.41) is 64.6. The number of aliphatic hydroxyl groups is 4. The van der Waals surface area contributed by atoms with Crippen LogP contribution in [0.15, 0.2) is 29.3 Å². The van der Waals surface area contributed by atoms with Gasteiger partial charge in [0, 0.05) is 26.3 Å². The van der Waals surface area contributed by atoms with Crippen molar-refractivity contribution in [2.75, 3.05) is 38.7 Å². The Balaban J connectivity index is 2.90. The Morgan fingerprint density at radius 3 is 1.70 bits per heavy atom. The average Bonchev–Trinajstić information content (AvgIpc) is 3.36. The second-order valence-electron chi connectivity index (χ2n) is 19.9. The third-order valence-electron chi connectivity index (χ3n) is 12.6. The van der Waals surface area contributed by atoms with Gasteiger partial charge in [-0.2, -0.15) is 0 Å². The van der Waals surface area contributed by atoms with Gasteiger partial charge in [-0.15, -0.1) is 0 Å². The Kier molecular flexibility index (Phi) is 26.6. The third kappa shape index (κ3) is 20.4. The van der Waals surface area contributed by atoms with Crippen molar-refractivity contribution < 1.29 is 68.4 Å². The third-order valence-corrected chi connectivity index (χ3v) is 12.6. The molecule has 29 nitrogen and oxygen atoms in total. The maximum Gasteiger partial charge on any atom is 0.248 e. The molecule has 432 valence electrons. The molecule has 2 rings (SSSR count). The van der Waals surface area contributed by atoms with Gasteiger partial charge in [0.25, 0.3) is 0 Å². The minimum atomic E-state index is -2.48. The van der Waals surface area contributed by atoms with E-state index in [0.717, 1.165) is 6.92 Å². The molecule has 1 aliphatic heterocycles. The van der Waals surface area contributed by atoms with E-state index in [2.05, 4.69) is 47.5 Å². The zero-order valence-corrected chi connectivity index (χ0v) is 45.0. The predicted molar refractivity (Wildman–Crippen MR) is 280 cm³/mol. The molecule has 1 saturated heterocycles. The van der Waals surface area contributed by atoms with E-state index >= 15 is 0 Å². The molecule has 1 fully saturated rings. The van der Waals surface area contributed by atoms with Crippen LogP contribution in [-0.2, 0) is 47.9 Å². The second kappa shape index (κ2) is 31.1. The largest absolute Gasteiger partial charge is 0.394 e. The van der Waals surface area contributed by atoms with Gasteiger partial charge in [-0.1, -0.05) is 60.1 Å². The van der Waals surface area contributed by atoms with Crippen molar-refractivity contribution >= 4 is 70.7 Å². The quantitative estimate of drug-likeness (QED) is 0.0416. The number of hydrogen-bond donors (Lipinski definition) is 17. The molecule has 0 bridgehead atoms. The molecule has 0 spiro atoms. The Morgan fingerprint density at radius 1 is 0.662 bits per heavy atom. The smallest absolute Gasteiger partial charge is 0.248 e. The monoisotopic (exact) mass is 1090 g/mol. The molecule has 1 aromatic rings. The van der Waals surface area contributed by atoms with Crippen LogP contribution in [-0.4, -0.2) is 186 Å². The number of carbonyl (C=O) groups excluding carboxylic acids is 10. The SMILES string of the molecule is CC[C@H](C)[C@@H]1NC(=O)[C@@H](CCCN=C(N)N)NC(=O)[C@H](CC(C)C)NC(=O)[C@H]([C@H](O)C(C)C)NC(=O)[C@@H](N)C(c2ccc(N(C)C)cc2)NC(=O)[C@H](CO)NC(=O)[C@H]([C@H](O)C(N)=O)NC(=O)CNC(=O)[C@H]([C@H](C)O)NC1=O. The summed E-state index contributed by atoms with van der Waals surface area (Å²) in [6.45, 7) is 8.76. The van der Waals surface area contributed by atoms with E-state index in [9.17, 15) is 68.4 Å². The molecule has 10 amide bonds. The molecule has 21 N–H and O–H groups in total. The predicted octanol–water partition coefficient (Wildman–Crippen LogP) is -6.86. The zero-order valence-electron chi connectivity index (χ0n) is 45.0. The molecule has 77 heavy (non-hydrogen) atoms. The fourth-order valence-corrected chi connectivity index (χ4v) is 7.73. The van der Waals surface area contributed by atoms with Crippen LogP contribution in [0, 0.1) is 17.8 Å². The number of aliphatic hydroxyl groups excluding tert-OH is 4. The molecule has 0 radical (unpaired) electrons. The molecule has 0 aromatic heterocycles. The molecule has 1 aromatic carbocycles. The van der Waals surface area contributed by atoms with Gasteiger partial charge in [0.2, 0.25) is 59.1 Å². The van der Waals surface area contributed by atoms with E-state index < -0.39 is 157 Å². The Morgan fingerprint density at radius 2 is 1.18 bits per heavy atom. The lowest BCUT2D eigenvalue weighted by Gasteiger charge is -2.32. The molecular formula is C48H81N15O14. The van der Waals surface area contributed by atoms with Crippen molar-refractivity contribution in [3.8, 4) is 0 Å². The van der Waals surface area contributed by atoms with Crippen molar-refractivity contribution in [3.05, 3.63) is 29.8 Å². The van der Waals surface area contributed by atoms with Gasteiger partial charge < -0.3 is 96.1 Å². The first kappa shape index (κ1) is 65.9. The Hall–Kier alpha value is -7.21. The lowest BCUT2D eigenvalue weighted by atomic mass is 9.95. The number of rotatable bonds is 16. The van der Waals surface area contributed by atoms with Gasteiger partial charge in [-0.05, 0) is 61.6 Å². The topological polar surface area (TPSA) is 480 Å². The van der Waals surface area contributed by atoms with Gasteiger partial charge >= 0.3 is 0 Å². The average molecular weight is 1090 g/mol. The lowest BCUT2D eigenvalue weighted by Crippen LogP contribution is -2.64. The van der Waals surface area contributed by atoms with Crippen LogP contribution in [0.1, 0.15) is 85.8 Å². The molecule has 13 atom stereocenters. The molecule has 1 aliphatic rings. The van der Waals surface area contributed by atoms with Gasteiger partial charge in [0.15, 0.2) is 12.1 Å². The van der Waals surface area contributed by atoms with Gasteiger partial charge in [-0.25, -0.2) is 0 Å². The highest BCUT2D eigenvalue weighted by Crippen LogP contribution is 2.22. The first-order chi connectivity index (χ1) is 35.9. The van der Waals surface area contributed by atoms with E-state index in [4.69, 9.17) is 22.9 Å². The maximum absolute atomic E-state index is 14.4. The first-order valence-electron chi connectivity index (χ1n) is 25.2. The Labute approximate surface area is 447 Å². The van der Waals surface area contributed by atoms with Crippen LogP contribution in [0.5, 0.6) is 0 Å². The summed E-state index contributed by atoms with van der Waals surface area (Å²) in [5.74, 6) is -13.6. The van der Waals surface area contributed by atoms with Crippen LogP contribution in [0.4, 0.5) is 5.69 Å². The highest BCUT2D eigenvalue weighted by Gasteiger charge is 2.40. The van der Waals surface area contributed by atoms with Crippen molar-refractivity contribution in [2.24, 2.45) is 45.7 Å². The van der Waals surface area contributed by atoms with Crippen molar-refractivity contribution in [2.45, 2.75) is 147 Å². The molecule has 1 heterocycles. The van der Waals surface area contributed by atoms with Crippen LogP contribution in [0.3, 0.4) is 0 Å². The summed E-state index contributed by atoms with van der Waals surface area (Å²) < 4.78 is 0. The number of guanidine groups is 1. The number of hydrogen-bond acceptors (Lipinski definition) is 17. The van der Waals surface area contributed by atoms with E-state index in [0.29, 0.717) is 5.69 Å². The zero-order chi connectivity index (χ0) is 58.6. The number of carbonyl (C=O) groups is 10. The molecule has 1 unspecified atom stereocenters. The van der Waals surface area contributed by atoms with Crippen molar-refractivity contribution in [1.29, 1.82) is 0 Å². The summed E-state index contributed by atoms with van der Waals surface area (Å²) in [7, 11) is 3.49. The standard InChI is InChI=1S/C48H81N15O14/c1-10-23(6)32-45(75)60-33(24(7)65)44(74)54-19-30(66)58-36(38(68)39(50)69)47(77)57-29(20-64)42(72)61-34(25-13-15-26(16-14-25)63(8)9)31(49)43(73)62-35(37(67)22(4)5)46(76)56-28(18-21(2)3)41(71)55-27(40(70)59-32)12-11-17-53-48(51)52/h13-16,21-24,27-29,31-38,64-65,67-68H,10-12,17-20,49H2,1-9H3,(H2,50,69)(H,54,74)(H,55,71)(H,56,76)(H,57,77)(H,58,66)(H,59,70)(H,60,75)(H,61,72)(H,62,73)(H4,51,52,53)/t23-,24-,27+,28-,29-,31-,32-,33-,34?,35-,36-,37+,38-/m0/s1. The Bertz CT molecular complexity index is 2250. The number of amides is 10. The minimum Gasteiger partial charge on any atom is -0.394 e. The second-order valence-corrected chi connectivity index (χ2v) is 19.9. The highest BCUT2D eigenvalue weighted by atomic mass is 16.3. The van der Waals surface area contributed by atoms with E-state index in [1.165, 1.54) is 26.0 Å². The summed E-state index contributed by atoms with van der Waals surface area (Å²) in [6, 6.07) is -9.36. The number of nitrogens with two attached hydrogens (primary N) is 4. The number of primary amides is 1. The number of benzene rings is 1. The summed E-state index contributed by atoms with van der Waals surface area (Å²) in [5.41, 5.74) is 23.7. The summed E-state index contributed by atoms with van der Waals surface area (Å²) in [6.07, 6.45) is -5.60. The summed E-state index contributed by atoms with van der Waals surface area (Å²) in [4.78, 5) is 144. The molecular weight excluding hydrogens is 1010 g/mol. The molecule has 0 aliphatic carbocycles. The number of anilines is 1. The van der Waals surface area contributed by atoms with E-state index in [1.807, 2.05) is 5.32 Å². The molecule has 29 heteroatoms. The van der Waals surface area contributed by atoms with Crippen LogP contribution < -0.4 is 75.7 Å². The first-order valence-corrected chi connectivity index (χ1v) is 25.2. The van der Waals surface area contributed by atoms with E-state index in [-0.39, 0.29) is 49.7 Å². The molecule has 0 saturated carbocycles. The number of nitrogens with one attached hydrogen (secondary N) is 9. The minimum absolute atomic E-state index is 0.00322.